The molecule has 43 heavy (non-hydrogen) atoms. The maximum Gasteiger partial charge on any atom is 0.258 e. The number of carbonyl (C=O) groups is 2. The Morgan fingerprint density at radius 1 is 1.00 bits per heavy atom. The van der Waals surface area contributed by atoms with Gasteiger partial charge in [-0.1, -0.05) is 36.4 Å². The van der Waals surface area contributed by atoms with Crippen molar-refractivity contribution in [2.45, 2.75) is 26.7 Å². The third-order valence-electron chi connectivity index (χ3n) is 8.06. The number of carbonyl (C=O) groups excluding carboxylic acids is 2. The molecule has 4 aromatic rings. The fourth-order valence-electron chi connectivity index (χ4n) is 5.76. The van der Waals surface area contributed by atoms with Gasteiger partial charge in [0.15, 0.2) is 5.13 Å². The van der Waals surface area contributed by atoms with Crippen LogP contribution in [0.3, 0.4) is 0 Å². The van der Waals surface area contributed by atoms with E-state index < -0.39 is 0 Å². The summed E-state index contributed by atoms with van der Waals surface area (Å²) in [4.78, 5) is 36.3. The lowest BCUT2D eigenvalue weighted by molar-refractivity contribution is -0.115. The minimum absolute atomic E-state index is 0.0340. The van der Waals surface area contributed by atoms with Gasteiger partial charge >= 0.3 is 0 Å². The molecule has 3 aromatic carbocycles. The van der Waals surface area contributed by atoms with Crippen molar-refractivity contribution in [2.24, 2.45) is 0 Å². The first-order chi connectivity index (χ1) is 20.9. The Kier molecular flexibility index (Phi) is 8.83. The van der Waals surface area contributed by atoms with Gasteiger partial charge in [0.25, 0.3) is 5.91 Å². The van der Waals surface area contributed by atoms with Crippen LogP contribution in [-0.4, -0.2) is 67.6 Å². The number of fused-ring (bicyclic) bond motifs is 1. The molecule has 222 valence electrons. The average Bonchev–Trinajstić information content (AvgIpc) is 3.60. The topological polar surface area (TPSA) is 86.8 Å². The summed E-state index contributed by atoms with van der Waals surface area (Å²) in [7, 11) is 0. The molecule has 1 fully saturated rings. The van der Waals surface area contributed by atoms with Crippen LogP contribution < -0.4 is 20.3 Å². The van der Waals surface area contributed by atoms with Crippen LogP contribution in [0.2, 0.25) is 0 Å². The quantitative estimate of drug-likeness (QED) is 0.280. The number of hydrogen-bond donors (Lipinski definition) is 2. The van der Waals surface area contributed by atoms with Crippen LogP contribution in [0.4, 0.5) is 10.8 Å². The Labute approximate surface area is 256 Å². The average molecular weight is 596 g/mol. The fraction of sp³-hybridized carbons (Fsp3) is 0.324. The maximum absolute atomic E-state index is 13.3. The number of aromatic nitrogens is 1. The molecule has 2 N–H and O–H groups in total. The Hall–Kier alpha value is -4.05. The van der Waals surface area contributed by atoms with Crippen molar-refractivity contribution in [1.82, 2.24) is 15.2 Å². The highest BCUT2D eigenvalue weighted by Crippen LogP contribution is 2.36. The van der Waals surface area contributed by atoms with Gasteiger partial charge < -0.3 is 20.3 Å². The second-order valence-corrected chi connectivity index (χ2v) is 12.3. The summed E-state index contributed by atoms with van der Waals surface area (Å²) in [6, 6.07) is 21.6. The molecule has 2 aliphatic rings. The van der Waals surface area contributed by atoms with E-state index in [1.807, 2.05) is 79.4 Å². The van der Waals surface area contributed by atoms with Crippen LogP contribution >= 0.6 is 11.3 Å². The number of thiazole rings is 1. The molecule has 8 nitrogen and oxygen atoms in total. The fourth-order valence-corrected chi connectivity index (χ4v) is 6.61. The van der Waals surface area contributed by atoms with Crippen LogP contribution in [0.25, 0.3) is 11.3 Å². The molecule has 6 rings (SSSR count). The molecule has 0 spiro atoms. The molecule has 9 heteroatoms. The predicted molar refractivity (Wildman–Crippen MR) is 172 cm³/mol. The summed E-state index contributed by atoms with van der Waals surface area (Å²) < 4.78 is 5.97. The molecule has 3 heterocycles. The molecule has 1 aromatic heterocycles. The second-order valence-electron chi connectivity index (χ2n) is 11.1. The number of nitrogens with zero attached hydrogens (tertiary/aromatic N) is 3. The van der Waals surface area contributed by atoms with Crippen LogP contribution in [0.1, 0.15) is 31.9 Å². The van der Waals surface area contributed by atoms with Crippen molar-refractivity contribution in [1.29, 1.82) is 0 Å². The van der Waals surface area contributed by atoms with Gasteiger partial charge in [-0.25, -0.2) is 4.98 Å². The van der Waals surface area contributed by atoms with E-state index in [-0.39, 0.29) is 18.2 Å². The van der Waals surface area contributed by atoms with Gasteiger partial charge in [-0.3, -0.25) is 14.5 Å². The monoisotopic (exact) mass is 595 g/mol. The van der Waals surface area contributed by atoms with Gasteiger partial charge in [0.1, 0.15) is 12.4 Å². The number of ether oxygens (including phenoxy) is 1. The van der Waals surface area contributed by atoms with Crippen molar-refractivity contribution in [2.75, 3.05) is 56.1 Å². The molecule has 0 unspecified atom stereocenters. The Morgan fingerprint density at radius 2 is 1.84 bits per heavy atom. The van der Waals surface area contributed by atoms with Gasteiger partial charge in [0.2, 0.25) is 5.91 Å². The number of amides is 2. The lowest BCUT2D eigenvalue weighted by atomic mass is 10.0. The van der Waals surface area contributed by atoms with Crippen LogP contribution in [-0.2, 0) is 17.6 Å². The molecule has 1 saturated heterocycles. The van der Waals surface area contributed by atoms with Crippen molar-refractivity contribution in [3.05, 3.63) is 93.9 Å². The summed E-state index contributed by atoms with van der Waals surface area (Å²) >= 11 is 1.47. The largest absolute Gasteiger partial charge is 0.492 e. The van der Waals surface area contributed by atoms with E-state index in [1.54, 1.807) is 0 Å². The van der Waals surface area contributed by atoms with Gasteiger partial charge in [-0.15, -0.1) is 11.3 Å². The van der Waals surface area contributed by atoms with Crippen LogP contribution in [0, 0.1) is 13.8 Å². The van der Waals surface area contributed by atoms with Gasteiger partial charge in [-0.05, 0) is 67.3 Å². The molecule has 0 saturated carbocycles. The smallest absolute Gasteiger partial charge is 0.258 e. The van der Waals surface area contributed by atoms with E-state index in [2.05, 4.69) is 21.6 Å². The number of hydrogen-bond acceptors (Lipinski definition) is 7. The van der Waals surface area contributed by atoms with Gasteiger partial charge in [-0.2, -0.15) is 0 Å². The van der Waals surface area contributed by atoms with E-state index in [0.717, 1.165) is 89.0 Å². The van der Waals surface area contributed by atoms with E-state index in [4.69, 9.17) is 9.72 Å². The molecule has 2 aliphatic heterocycles. The highest BCUT2D eigenvalue weighted by molar-refractivity contribution is 7.16. The van der Waals surface area contributed by atoms with Crippen LogP contribution in [0.15, 0.2) is 66.7 Å². The van der Waals surface area contributed by atoms with Crippen molar-refractivity contribution in [3.63, 3.8) is 0 Å². The summed E-state index contributed by atoms with van der Waals surface area (Å²) in [5, 5.41) is 6.93. The second kappa shape index (κ2) is 13.1. The molecular weight excluding hydrogens is 558 g/mol. The standard InChI is InChI=1S/C34H37N5O3S/c1-23-6-3-4-9-29(23)33(41)39-15-12-26-22-27(10-11-30(26)39)32-24(2)43-34(37-32)36-31(40)21-25-7-5-8-28(20-25)42-19-18-38-16-13-35-14-17-38/h3-11,20,22,35H,12-19,21H2,1-2H3,(H,36,37,40). The summed E-state index contributed by atoms with van der Waals surface area (Å²) in [6.45, 7) is 10.3. The van der Waals surface area contributed by atoms with Crippen molar-refractivity contribution >= 4 is 34.0 Å². The predicted octanol–water partition coefficient (Wildman–Crippen LogP) is 5.10. The SMILES string of the molecule is Cc1ccccc1C(=O)N1CCc2cc(-c3nc(NC(=O)Cc4cccc(OCCN5CCNCC5)c4)sc3C)ccc21. The number of nitrogens with one attached hydrogen (secondary N) is 2. The number of aryl methyl sites for hydroxylation is 2. The van der Waals surface area contributed by atoms with E-state index >= 15 is 0 Å². The molecular formula is C34H37N5O3S. The van der Waals surface area contributed by atoms with Gasteiger partial charge in [0.05, 0.1) is 12.1 Å². The zero-order valence-corrected chi connectivity index (χ0v) is 25.5. The molecule has 0 aliphatic carbocycles. The van der Waals surface area contributed by atoms with E-state index in [9.17, 15) is 9.59 Å². The molecule has 0 bridgehead atoms. The van der Waals surface area contributed by atoms with Crippen molar-refractivity contribution in [3.8, 4) is 17.0 Å². The highest BCUT2D eigenvalue weighted by atomic mass is 32.1. The Morgan fingerprint density at radius 3 is 2.67 bits per heavy atom. The first kappa shape index (κ1) is 29.0. The minimum atomic E-state index is -0.113. The summed E-state index contributed by atoms with van der Waals surface area (Å²) in [5.74, 6) is 0.702. The third-order valence-corrected chi connectivity index (χ3v) is 8.95. The number of benzene rings is 3. The Bertz CT molecular complexity index is 1630. The zero-order valence-electron chi connectivity index (χ0n) is 24.7. The first-order valence-electron chi connectivity index (χ1n) is 14.9. The summed E-state index contributed by atoms with van der Waals surface area (Å²) in [6.07, 6.45) is 1.04. The third kappa shape index (κ3) is 6.80. The summed E-state index contributed by atoms with van der Waals surface area (Å²) in [5.41, 5.74) is 6.54. The lowest BCUT2D eigenvalue weighted by Crippen LogP contribution is -2.44. The maximum atomic E-state index is 13.3. The highest BCUT2D eigenvalue weighted by Gasteiger charge is 2.27. The van der Waals surface area contributed by atoms with Crippen molar-refractivity contribution < 1.29 is 14.3 Å². The molecule has 2 amide bonds. The minimum Gasteiger partial charge on any atom is -0.492 e. The molecule has 0 radical (unpaired) electrons. The van der Waals surface area contributed by atoms with E-state index in [0.29, 0.717) is 18.3 Å². The zero-order chi connectivity index (χ0) is 29.8. The first-order valence-corrected chi connectivity index (χ1v) is 15.7. The lowest BCUT2D eigenvalue weighted by Gasteiger charge is -2.26. The Balaban J connectivity index is 1.07. The number of anilines is 2. The number of piperazine rings is 1. The van der Waals surface area contributed by atoms with Gasteiger partial charge in [0, 0.05) is 61.0 Å². The van der Waals surface area contributed by atoms with Crippen LogP contribution in [0.5, 0.6) is 5.75 Å². The normalized spacial score (nSPS) is 14.9. The molecule has 0 atom stereocenters. The number of rotatable bonds is 9. The van der Waals surface area contributed by atoms with E-state index in [1.165, 1.54) is 11.3 Å².